The van der Waals surface area contributed by atoms with Crippen molar-refractivity contribution in [2.45, 2.75) is 20.4 Å². The van der Waals surface area contributed by atoms with E-state index in [9.17, 15) is 4.79 Å². The number of rotatable bonds is 3. The van der Waals surface area contributed by atoms with Gasteiger partial charge in [0.1, 0.15) is 6.54 Å². The van der Waals surface area contributed by atoms with Gasteiger partial charge in [0.05, 0.1) is 18.4 Å². The predicted molar refractivity (Wildman–Crippen MR) is 76.2 cm³/mol. The Morgan fingerprint density at radius 1 is 1.35 bits per heavy atom. The molecule has 4 nitrogen and oxygen atoms in total. The number of hydrogen-bond donors (Lipinski definition) is 0. The molecule has 2 aromatic rings. The molecule has 1 aromatic carbocycles. The Morgan fingerprint density at radius 2 is 2.10 bits per heavy atom. The molecule has 0 unspecified atom stereocenters. The molecule has 0 aliphatic rings. The fourth-order valence-corrected chi connectivity index (χ4v) is 1.63. The van der Waals surface area contributed by atoms with Crippen molar-refractivity contribution in [2.75, 3.05) is 6.61 Å². The van der Waals surface area contributed by atoms with Gasteiger partial charge in [0, 0.05) is 11.8 Å². The number of esters is 1. The fourth-order valence-electron chi connectivity index (χ4n) is 1.63. The van der Waals surface area contributed by atoms with E-state index in [0.717, 1.165) is 5.56 Å². The third-order valence-corrected chi connectivity index (χ3v) is 2.67. The van der Waals surface area contributed by atoms with Gasteiger partial charge in [-0.25, -0.2) is 4.79 Å². The standard InChI is InChI=1S/C16H16N2O2/c1-3-20-16(19)15-11-17-18(12-15)10-4-5-14-8-6-13(2)7-9-14/h6-9,11-12H,3,10H2,1-2H3. The van der Waals surface area contributed by atoms with Crippen molar-refractivity contribution in [3.8, 4) is 11.8 Å². The smallest absolute Gasteiger partial charge is 0.341 e. The van der Waals surface area contributed by atoms with Gasteiger partial charge in [0.2, 0.25) is 0 Å². The molecule has 0 aliphatic heterocycles. The minimum Gasteiger partial charge on any atom is -0.462 e. The highest BCUT2D eigenvalue weighted by Gasteiger charge is 2.08. The molecule has 20 heavy (non-hydrogen) atoms. The zero-order valence-electron chi connectivity index (χ0n) is 11.6. The Balaban J connectivity index is 1.98. The second kappa shape index (κ2) is 6.58. The van der Waals surface area contributed by atoms with Crippen LogP contribution in [0.5, 0.6) is 0 Å². The van der Waals surface area contributed by atoms with Gasteiger partial charge in [0.25, 0.3) is 0 Å². The van der Waals surface area contributed by atoms with E-state index < -0.39 is 0 Å². The van der Waals surface area contributed by atoms with Crippen LogP contribution in [0.15, 0.2) is 36.7 Å². The quantitative estimate of drug-likeness (QED) is 0.634. The van der Waals surface area contributed by atoms with E-state index in [1.54, 1.807) is 17.8 Å². The van der Waals surface area contributed by atoms with Crippen LogP contribution in [0.1, 0.15) is 28.4 Å². The second-order valence-electron chi connectivity index (χ2n) is 4.31. The second-order valence-corrected chi connectivity index (χ2v) is 4.31. The highest BCUT2D eigenvalue weighted by Crippen LogP contribution is 2.02. The molecule has 0 radical (unpaired) electrons. The first-order chi connectivity index (χ1) is 9.69. The van der Waals surface area contributed by atoms with Crippen LogP contribution >= 0.6 is 0 Å². The summed E-state index contributed by atoms with van der Waals surface area (Å²) in [5.74, 6) is 5.72. The van der Waals surface area contributed by atoms with E-state index in [4.69, 9.17) is 4.74 Å². The molecule has 2 rings (SSSR count). The van der Waals surface area contributed by atoms with Crippen LogP contribution in [0.3, 0.4) is 0 Å². The molecule has 1 heterocycles. The molecule has 0 fully saturated rings. The van der Waals surface area contributed by atoms with Gasteiger partial charge in [-0.15, -0.1) is 0 Å². The number of aromatic nitrogens is 2. The largest absolute Gasteiger partial charge is 0.462 e. The van der Waals surface area contributed by atoms with E-state index in [-0.39, 0.29) is 5.97 Å². The Morgan fingerprint density at radius 3 is 2.80 bits per heavy atom. The maximum atomic E-state index is 11.5. The van der Waals surface area contributed by atoms with Gasteiger partial charge < -0.3 is 4.74 Å². The van der Waals surface area contributed by atoms with Crippen LogP contribution < -0.4 is 0 Å². The zero-order chi connectivity index (χ0) is 14.4. The summed E-state index contributed by atoms with van der Waals surface area (Å²) < 4.78 is 6.52. The van der Waals surface area contributed by atoms with Gasteiger partial charge in [-0.2, -0.15) is 5.10 Å². The first-order valence-corrected chi connectivity index (χ1v) is 6.44. The summed E-state index contributed by atoms with van der Waals surface area (Å²) in [5.41, 5.74) is 2.62. The molecule has 0 amide bonds. The Kier molecular flexibility index (Phi) is 4.56. The molecule has 0 saturated carbocycles. The first kappa shape index (κ1) is 13.9. The molecule has 0 N–H and O–H groups in total. The lowest BCUT2D eigenvalue weighted by Crippen LogP contribution is -2.03. The average molecular weight is 268 g/mol. The highest BCUT2D eigenvalue weighted by molar-refractivity contribution is 5.88. The van der Waals surface area contributed by atoms with Crippen molar-refractivity contribution in [2.24, 2.45) is 0 Å². The number of ether oxygens (including phenoxy) is 1. The molecular formula is C16H16N2O2. The summed E-state index contributed by atoms with van der Waals surface area (Å²) in [7, 11) is 0. The van der Waals surface area contributed by atoms with Gasteiger partial charge in [-0.05, 0) is 26.0 Å². The van der Waals surface area contributed by atoms with E-state index in [1.807, 2.05) is 31.2 Å². The number of nitrogens with zero attached hydrogens (tertiary/aromatic N) is 2. The van der Waals surface area contributed by atoms with Crippen LogP contribution in [0.4, 0.5) is 0 Å². The van der Waals surface area contributed by atoms with Crippen molar-refractivity contribution in [1.82, 2.24) is 9.78 Å². The van der Waals surface area contributed by atoms with Gasteiger partial charge in [0.15, 0.2) is 0 Å². The van der Waals surface area contributed by atoms with Crippen molar-refractivity contribution < 1.29 is 9.53 Å². The lowest BCUT2D eigenvalue weighted by Gasteiger charge is -1.96. The van der Waals surface area contributed by atoms with Gasteiger partial charge in [-0.3, -0.25) is 4.68 Å². The van der Waals surface area contributed by atoms with Crippen LogP contribution in [0.2, 0.25) is 0 Å². The maximum Gasteiger partial charge on any atom is 0.341 e. The lowest BCUT2D eigenvalue weighted by molar-refractivity contribution is 0.0526. The van der Waals surface area contributed by atoms with Gasteiger partial charge >= 0.3 is 5.97 Å². The van der Waals surface area contributed by atoms with Crippen LogP contribution in [0.25, 0.3) is 0 Å². The average Bonchev–Trinajstić information content (AvgIpc) is 2.90. The summed E-state index contributed by atoms with van der Waals surface area (Å²) in [5, 5.41) is 4.08. The summed E-state index contributed by atoms with van der Waals surface area (Å²) in [6.07, 6.45) is 3.13. The van der Waals surface area contributed by atoms with Crippen molar-refractivity contribution >= 4 is 5.97 Å². The Hall–Kier alpha value is -2.54. The van der Waals surface area contributed by atoms with Crippen molar-refractivity contribution in [3.05, 3.63) is 53.3 Å². The molecular weight excluding hydrogens is 252 g/mol. The number of aryl methyl sites for hydroxylation is 1. The number of carbonyl (C=O) groups is 1. The van der Waals surface area contributed by atoms with Crippen LogP contribution in [0, 0.1) is 18.8 Å². The molecule has 0 saturated heterocycles. The minimum atomic E-state index is -0.356. The number of hydrogen-bond acceptors (Lipinski definition) is 3. The Bertz CT molecular complexity index is 645. The fraction of sp³-hybridized carbons (Fsp3) is 0.250. The molecule has 0 atom stereocenters. The third kappa shape index (κ3) is 3.72. The molecule has 0 bridgehead atoms. The summed E-state index contributed by atoms with van der Waals surface area (Å²) >= 11 is 0. The monoisotopic (exact) mass is 268 g/mol. The molecule has 102 valence electrons. The van der Waals surface area contributed by atoms with Crippen molar-refractivity contribution in [1.29, 1.82) is 0 Å². The predicted octanol–water partition coefficient (Wildman–Crippen LogP) is 2.42. The molecule has 1 aromatic heterocycles. The molecule has 0 spiro atoms. The normalized spacial score (nSPS) is 9.70. The highest BCUT2D eigenvalue weighted by atomic mass is 16.5. The number of benzene rings is 1. The van der Waals surface area contributed by atoms with Crippen LogP contribution in [-0.4, -0.2) is 22.4 Å². The van der Waals surface area contributed by atoms with E-state index in [0.29, 0.717) is 18.7 Å². The lowest BCUT2D eigenvalue weighted by atomic mass is 10.2. The first-order valence-electron chi connectivity index (χ1n) is 6.44. The van der Waals surface area contributed by atoms with E-state index in [1.165, 1.54) is 11.8 Å². The molecule has 0 aliphatic carbocycles. The SMILES string of the molecule is CCOC(=O)c1cnn(CC#Cc2ccc(C)cc2)c1. The summed E-state index contributed by atoms with van der Waals surface area (Å²) in [6, 6.07) is 8.01. The number of carbonyl (C=O) groups excluding carboxylic acids is 1. The van der Waals surface area contributed by atoms with Gasteiger partial charge in [-0.1, -0.05) is 29.5 Å². The third-order valence-electron chi connectivity index (χ3n) is 2.67. The van der Waals surface area contributed by atoms with Crippen LogP contribution in [-0.2, 0) is 11.3 Å². The minimum absolute atomic E-state index is 0.356. The van der Waals surface area contributed by atoms with E-state index >= 15 is 0 Å². The summed E-state index contributed by atoms with van der Waals surface area (Å²) in [4.78, 5) is 11.5. The summed E-state index contributed by atoms with van der Waals surface area (Å²) in [6.45, 7) is 4.61. The maximum absolute atomic E-state index is 11.5. The van der Waals surface area contributed by atoms with E-state index in [2.05, 4.69) is 16.9 Å². The molecule has 4 heteroatoms. The topological polar surface area (TPSA) is 44.1 Å². The Labute approximate surface area is 118 Å². The van der Waals surface area contributed by atoms with Crippen molar-refractivity contribution in [3.63, 3.8) is 0 Å². The zero-order valence-corrected chi connectivity index (χ0v) is 11.6.